The van der Waals surface area contributed by atoms with Gasteiger partial charge < -0.3 is 9.88 Å². The highest BCUT2D eigenvalue weighted by Crippen LogP contribution is 2.32. The molecule has 3 aromatic rings. The molecule has 2 aromatic heterocycles. The molecule has 0 saturated heterocycles. The van der Waals surface area contributed by atoms with Crippen LogP contribution in [-0.4, -0.2) is 22.9 Å². The number of aldehydes is 1. The third-order valence-electron chi connectivity index (χ3n) is 4.59. The Kier molecular flexibility index (Phi) is 5.50. The largest absolute Gasteiger partial charge is 0.394 e. The van der Waals surface area contributed by atoms with Crippen molar-refractivity contribution in [1.82, 2.24) is 14.9 Å². The van der Waals surface area contributed by atoms with Gasteiger partial charge in [-0.15, -0.1) is 0 Å². The quantitative estimate of drug-likeness (QED) is 0.406. The molecule has 0 amide bonds. The summed E-state index contributed by atoms with van der Waals surface area (Å²) < 4.78 is 16.2. The van der Waals surface area contributed by atoms with Gasteiger partial charge in [0.2, 0.25) is 0 Å². The molecular formula is C22H22FN3O. The second-order valence-corrected chi connectivity index (χ2v) is 6.37. The third-order valence-corrected chi connectivity index (χ3v) is 4.59. The molecule has 0 fully saturated rings. The topological polar surface area (TPSA) is 46.9 Å². The minimum Gasteiger partial charge on any atom is -0.394 e. The lowest BCUT2D eigenvalue weighted by molar-refractivity contribution is -0.103. The van der Waals surface area contributed by atoms with Crippen molar-refractivity contribution in [2.75, 3.05) is 7.05 Å². The zero-order valence-electron chi connectivity index (χ0n) is 15.7. The summed E-state index contributed by atoms with van der Waals surface area (Å²) in [5.74, 6) is -0.247. The number of fused-ring (bicyclic) bond motifs is 1. The van der Waals surface area contributed by atoms with E-state index in [2.05, 4.69) is 10.3 Å². The number of rotatable bonds is 6. The van der Waals surface area contributed by atoms with Gasteiger partial charge in [0, 0.05) is 40.5 Å². The van der Waals surface area contributed by atoms with Crippen LogP contribution in [0.15, 0.2) is 54.9 Å². The van der Waals surface area contributed by atoms with Crippen molar-refractivity contribution in [3.8, 4) is 0 Å². The Bertz CT molecular complexity index is 1050. The fourth-order valence-electron chi connectivity index (χ4n) is 3.27. The first-order valence-electron chi connectivity index (χ1n) is 8.75. The molecule has 0 aliphatic rings. The predicted molar refractivity (Wildman–Crippen MR) is 107 cm³/mol. The summed E-state index contributed by atoms with van der Waals surface area (Å²) in [6.07, 6.45) is 7.95. The molecule has 27 heavy (non-hydrogen) atoms. The predicted octanol–water partition coefficient (Wildman–Crippen LogP) is 4.16. The number of allylic oxidation sites excluding steroid dienone is 3. The number of halogens is 1. The number of pyridine rings is 1. The molecular weight excluding hydrogens is 341 g/mol. The van der Waals surface area contributed by atoms with Crippen molar-refractivity contribution in [3.05, 3.63) is 83.2 Å². The SMILES string of the molecule is CN/C=C\C=C(/C=O)c1c(C)n(Cc2ccccc2F)c2cnc(C)cc12. The molecule has 3 rings (SSSR count). The number of nitrogens with zero attached hydrogens (tertiary/aromatic N) is 2. The van der Waals surface area contributed by atoms with Gasteiger partial charge in [-0.3, -0.25) is 9.78 Å². The van der Waals surface area contributed by atoms with Gasteiger partial charge in [-0.25, -0.2) is 4.39 Å². The van der Waals surface area contributed by atoms with Crippen LogP contribution in [0.2, 0.25) is 0 Å². The Morgan fingerprint density at radius 3 is 2.78 bits per heavy atom. The van der Waals surface area contributed by atoms with E-state index in [0.717, 1.165) is 34.1 Å². The molecule has 0 bridgehead atoms. The fourth-order valence-corrected chi connectivity index (χ4v) is 3.27. The van der Waals surface area contributed by atoms with Crippen LogP contribution < -0.4 is 5.32 Å². The number of benzene rings is 1. The van der Waals surface area contributed by atoms with Crippen LogP contribution in [0, 0.1) is 19.7 Å². The van der Waals surface area contributed by atoms with Crippen molar-refractivity contribution in [1.29, 1.82) is 0 Å². The first-order chi connectivity index (χ1) is 13.1. The van der Waals surface area contributed by atoms with Crippen molar-refractivity contribution in [2.45, 2.75) is 20.4 Å². The number of aryl methyl sites for hydroxylation is 1. The Balaban J connectivity index is 2.23. The van der Waals surface area contributed by atoms with E-state index in [1.165, 1.54) is 6.07 Å². The third kappa shape index (κ3) is 3.67. The molecule has 0 atom stereocenters. The van der Waals surface area contributed by atoms with Gasteiger partial charge in [0.05, 0.1) is 18.3 Å². The van der Waals surface area contributed by atoms with Gasteiger partial charge in [-0.05, 0) is 44.3 Å². The van der Waals surface area contributed by atoms with Crippen molar-refractivity contribution >= 4 is 22.8 Å². The van der Waals surface area contributed by atoms with Crippen molar-refractivity contribution in [3.63, 3.8) is 0 Å². The molecule has 0 aliphatic heterocycles. The zero-order valence-corrected chi connectivity index (χ0v) is 15.7. The Morgan fingerprint density at radius 1 is 1.30 bits per heavy atom. The van der Waals surface area contributed by atoms with E-state index in [1.54, 1.807) is 43.7 Å². The Morgan fingerprint density at radius 2 is 2.07 bits per heavy atom. The highest BCUT2D eigenvalue weighted by Gasteiger charge is 2.18. The summed E-state index contributed by atoms with van der Waals surface area (Å²) in [4.78, 5) is 16.2. The molecule has 5 heteroatoms. The van der Waals surface area contributed by atoms with Gasteiger partial charge in [0.25, 0.3) is 0 Å². The summed E-state index contributed by atoms with van der Waals surface area (Å²) >= 11 is 0. The van der Waals surface area contributed by atoms with Gasteiger partial charge in [0.15, 0.2) is 6.29 Å². The van der Waals surface area contributed by atoms with Gasteiger partial charge >= 0.3 is 0 Å². The lowest BCUT2D eigenvalue weighted by atomic mass is 10.0. The maximum atomic E-state index is 14.2. The van der Waals surface area contributed by atoms with Crippen LogP contribution >= 0.6 is 0 Å². The van der Waals surface area contributed by atoms with Crippen LogP contribution in [0.3, 0.4) is 0 Å². The highest BCUT2D eigenvalue weighted by atomic mass is 19.1. The number of aromatic nitrogens is 2. The number of carbonyl (C=O) groups excluding carboxylic acids is 1. The molecule has 0 radical (unpaired) electrons. The standard InChI is InChI=1S/C22H22FN3O/c1-15-11-19-21(12-25-15)26(13-17-7-4-5-9-20(17)23)16(2)22(19)18(14-27)8-6-10-24-3/h4-12,14,24H,13H2,1-3H3/b10-6-,18-8+. The van der Waals surface area contributed by atoms with Crippen LogP contribution in [0.4, 0.5) is 4.39 Å². The molecule has 1 aromatic carbocycles. The Hall–Kier alpha value is -3.21. The summed E-state index contributed by atoms with van der Waals surface area (Å²) in [6.45, 7) is 4.24. The van der Waals surface area contributed by atoms with E-state index < -0.39 is 0 Å². The second-order valence-electron chi connectivity index (χ2n) is 6.37. The summed E-state index contributed by atoms with van der Waals surface area (Å²) in [5, 5.41) is 3.84. The van der Waals surface area contributed by atoms with Crippen LogP contribution in [-0.2, 0) is 11.3 Å². The van der Waals surface area contributed by atoms with Gasteiger partial charge in [-0.2, -0.15) is 0 Å². The van der Waals surface area contributed by atoms with E-state index in [-0.39, 0.29) is 5.82 Å². The van der Waals surface area contributed by atoms with E-state index >= 15 is 0 Å². The Labute approximate surface area is 158 Å². The smallest absolute Gasteiger partial charge is 0.150 e. The summed E-state index contributed by atoms with van der Waals surface area (Å²) in [5.41, 5.74) is 4.65. The van der Waals surface area contributed by atoms with Crippen LogP contribution in [0.5, 0.6) is 0 Å². The normalized spacial score (nSPS) is 12.1. The van der Waals surface area contributed by atoms with Crippen molar-refractivity contribution < 1.29 is 9.18 Å². The average molecular weight is 363 g/mol. The average Bonchev–Trinajstić information content (AvgIpc) is 2.92. The number of carbonyl (C=O) groups is 1. The van der Waals surface area contributed by atoms with Crippen molar-refractivity contribution in [2.24, 2.45) is 0 Å². The van der Waals surface area contributed by atoms with E-state index in [1.807, 2.05) is 30.5 Å². The second kappa shape index (κ2) is 7.99. The number of nitrogens with one attached hydrogen (secondary N) is 1. The monoisotopic (exact) mass is 363 g/mol. The van der Waals surface area contributed by atoms with E-state index in [9.17, 15) is 9.18 Å². The molecule has 0 unspecified atom stereocenters. The molecule has 0 saturated carbocycles. The van der Waals surface area contributed by atoms with E-state index in [0.29, 0.717) is 17.7 Å². The van der Waals surface area contributed by atoms with Gasteiger partial charge in [-0.1, -0.05) is 18.2 Å². The molecule has 138 valence electrons. The molecule has 1 N–H and O–H groups in total. The van der Waals surface area contributed by atoms with Crippen LogP contribution in [0.25, 0.3) is 16.5 Å². The van der Waals surface area contributed by atoms with Gasteiger partial charge in [0.1, 0.15) is 5.82 Å². The summed E-state index contributed by atoms with van der Waals surface area (Å²) in [6, 6.07) is 8.70. The maximum absolute atomic E-state index is 14.2. The molecule has 4 nitrogen and oxygen atoms in total. The minimum absolute atomic E-state index is 0.247. The molecule has 0 aliphatic carbocycles. The summed E-state index contributed by atoms with van der Waals surface area (Å²) in [7, 11) is 1.80. The van der Waals surface area contributed by atoms with Crippen LogP contribution in [0.1, 0.15) is 22.5 Å². The number of hydrogen-bond donors (Lipinski definition) is 1. The highest BCUT2D eigenvalue weighted by molar-refractivity contribution is 6.14. The first-order valence-corrected chi connectivity index (χ1v) is 8.75. The minimum atomic E-state index is -0.247. The zero-order chi connectivity index (χ0) is 19.4. The molecule has 0 spiro atoms. The molecule has 2 heterocycles. The van der Waals surface area contributed by atoms with E-state index in [4.69, 9.17) is 0 Å². The maximum Gasteiger partial charge on any atom is 0.150 e. The lowest BCUT2D eigenvalue weighted by Gasteiger charge is -2.10. The first kappa shape index (κ1) is 18.6. The fraction of sp³-hybridized carbons (Fsp3) is 0.182. The lowest BCUT2D eigenvalue weighted by Crippen LogP contribution is -2.04. The number of hydrogen-bond acceptors (Lipinski definition) is 3.